The smallest absolute Gasteiger partial charge is 0.130 e. The van der Waals surface area contributed by atoms with Gasteiger partial charge in [0.25, 0.3) is 0 Å². The fraction of sp³-hybridized carbons (Fsp3) is 0.0172. The van der Waals surface area contributed by atoms with Crippen LogP contribution < -0.4 is 4.90 Å². The molecule has 2 heteroatoms. The normalized spacial score (nSPS) is 13.9. The molecule has 0 saturated carbocycles. The Hall–Kier alpha value is -7.81. The molecule has 1 heterocycles. The summed E-state index contributed by atoms with van der Waals surface area (Å²) in [5.41, 5.74) is 13.1. The van der Waals surface area contributed by atoms with Crippen LogP contribution >= 0.6 is 0 Å². The van der Waals surface area contributed by atoms with Gasteiger partial charge in [0.05, 0.1) is 5.69 Å². The summed E-state index contributed by atoms with van der Waals surface area (Å²) >= 11 is 0. The lowest BCUT2D eigenvalue weighted by Gasteiger charge is -2.27. The van der Waals surface area contributed by atoms with Crippen LogP contribution in [0.3, 0.4) is 0 Å². The van der Waals surface area contributed by atoms with Crippen LogP contribution in [0.5, 0.6) is 0 Å². The van der Waals surface area contributed by atoms with Crippen molar-refractivity contribution in [3.63, 3.8) is 0 Å². The Bertz CT molecular complexity index is 3310. The number of fused-ring (bicyclic) bond motifs is 5. The van der Waals surface area contributed by atoms with Gasteiger partial charge in [-0.2, -0.15) is 0 Å². The zero-order chi connectivity index (χ0) is 40.0. The molecule has 0 spiro atoms. The lowest BCUT2D eigenvalue weighted by Crippen LogP contribution is -2.16. The number of anilines is 2. The molecule has 0 N–H and O–H groups in total. The maximum Gasteiger partial charge on any atom is 0.130 e. The van der Waals surface area contributed by atoms with E-state index < -0.39 is 0 Å². The molecule has 0 saturated heterocycles. The van der Waals surface area contributed by atoms with Crippen molar-refractivity contribution in [3.8, 4) is 44.5 Å². The minimum atomic E-state index is 0.684. The van der Waals surface area contributed by atoms with E-state index in [0.29, 0.717) is 5.82 Å². The predicted molar refractivity (Wildman–Crippen MR) is 257 cm³/mol. The molecule has 0 atom stereocenters. The van der Waals surface area contributed by atoms with Gasteiger partial charge in [0, 0.05) is 11.9 Å². The van der Waals surface area contributed by atoms with Gasteiger partial charge in [0.1, 0.15) is 5.82 Å². The lowest BCUT2D eigenvalue weighted by molar-refractivity contribution is 1.11. The standard InChI is InChI=1S/C58H40N2/c1-39-59-33-12-11-16-48-36-47(31-32-56(48)60(39)51-19-3-2-4-20-51)43-18-13-17-42(34-43)44-26-27-46-38-50(30-28-45(46)35-44)58-54-23-9-7-21-52(54)57(53-22-8-10-24-55(53)58)49-29-25-40-14-5-6-15-41(40)37-49/h2-15,17-38H,1,16H2/b12-11-,59-33-. The van der Waals surface area contributed by atoms with Crippen molar-refractivity contribution in [2.75, 3.05) is 4.90 Å². The maximum absolute atomic E-state index is 4.63. The van der Waals surface area contributed by atoms with Crippen LogP contribution in [-0.4, -0.2) is 6.21 Å². The van der Waals surface area contributed by atoms with Gasteiger partial charge in [-0.25, -0.2) is 4.99 Å². The Morgan fingerprint density at radius 3 is 1.53 bits per heavy atom. The molecule has 60 heavy (non-hydrogen) atoms. The van der Waals surface area contributed by atoms with E-state index in [1.807, 2.05) is 18.4 Å². The second kappa shape index (κ2) is 14.8. The fourth-order valence-electron chi connectivity index (χ4n) is 9.15. The summed E-state index contributed by atoms with van der Waals surface area (Å²) in [6, 6.07) is 73.1. The highest BCUT2D eigenvalue weighted by Gasteiger charge is 2.19. The van der Waals surface area contributed by atoms with Crippen LogP contribution in [0.25, 0.3) is 87.6 Å². The summed E-state index contributed by atoms with van der Waals surface area (Å²) in [6.07, 6.45) is 6.79. The second-order valence-electron chi connectivity index (χ2n) is 15.6. The molecule has 10 aromatic carbocycles. The summed E-state index contributed by atoms with van der Waals surface area (Å²) in [5, 5.41) is 10.0. The van der Waals surface area contributed by atoms with E-state index in [0.717, 1.165) is 17.8 Å². The number of aliphatic imine (C=N–C) groups is 1. The number of allylic oxidation sites excluding steroid dienone is 2. The van der Waals surface area contributed by atoms with Gasteiger partial charge in [0.15, 0.2) is 0 Å². The molecular formula is C58H40N2. The number of hydrogen-bond donors (Lipinski definition) is 0. The van der Waals surface area contributed by atoms with Crippen LogP contribution in [-0.2, 0) is 6.42 Å². The molecule has 1 aliphatic heterocycles. The van der Waals surface area contributed by atoms with Crippen LogP contribution in [0.4, 0.5) is 11.4 Å². The Morgan fingerprint density at radius 1 is 0.400 bits per heavy atom. The van der Waals surface area contributed by atoms with E-state index in [1.54, 1.807) is 0 Å². The number of benzene rings is 10. The third kappa shape index (κ3) is 6.27. The molecule has 2 nitrogen and oxygen atoms in total. The SMILES string of the molecule is C=C1/N=C\C=C/Cc2cc(-c3cccc(-c4ccc5cc(-c6c7ccccc7c(-c7ccc8ccccc8c7)c7ccccc67)ccc5c4)c3)ccc2N1c1ccccc1. The van der Waals surface area contributed by atoms with Crippen LogP contribution in [0.15, 0.2) is 230 Å². The third-order valence-electron chi connectivity index (χ3n) is 12.0. The van der Waals surface area contributed by atoms with Crippen molar-refractivity contribution in [1.29, 1.82) is 0 Å². The van der Waals surface area contributed by atoms with Crippen molar-refractivity contribution >= 4 is 60.7 Å². The minimum absolute atomic E-state index is 0.684. The van der Waals surface area contributed by atoms with Gasteiger partial charge < -0.3 is 0 Å². The highest BCUT2D eigenvalue weighted by Crippen LogP contribution is 2.45. The molecule has 0 fully saturated rings. The predicted octanol–water partition coefficient (Wildman–Crippen LogP) is 15.8. The molecule has 0 radical (unpaired) electrons. The Kier molecular flexibility index (Phi) is 8.75. The van der Waals surface area contributed by atoms with E-state index in [-0.39, 0.29) is 0 Å². The third-order valence-corrected chi connectivity index (χ3v) is 12.0. The molecule has 0 amide bonds. The molecule has 0 bridgehead atoms. The van der Waals surface area contributed by atoms with Crippen LogP contribution in [0.2, 0.25) is 0 Å². The summed E-state index contributed by atoms with van der Waals surface area (Å²) in [6.45, 7) is 4.32. The van der Waals surface area contributed by atoms with Crippen molar-refractivity contribution < 1.29 is 0 Å². The number of hydrogen-bond acceptors (Lipinski definition) is 2. The van der Waals surface area contributed by atoms with E-state index in [4.69, 9.17) is 0 Å². The van der Waals surface area contributed by atoms with Crippen LogP contribution in [0.1, 0.15) is 5.56 Å². The van der Waals surface area contributed by atoms with E-state index >= 15 is 0 Å². The Morgan fingerprint density at radius 2 is 0.883 bits per heavy atom. The van der Waals surface area contributed by atoms with Crippen LogP contribution in [0, 0.1) is 0 Å². The molecule has 0 aromatic heterocycles. The zero-order valence-electron chi connectivity index (χ0n) is 33.1. The molecule has 0 aliphatic carbocycles. The van der Waals surface area contributed by atoms with E-state index in [2.05, 4.69) is 217 Å². The van der Waals surface area contributed by atoms with E-state index in [9.17, 15) is 0 Å². The zero-order valence-corrected chi connectivity index (χ0v) is 33.1. The molecule has 10 aromatic rings. The van der Waals surface area contributed by atoms with Crippen molar-refractivity contribution in [1.82, 2.24) is 0 Å². The quantitative estimate of drug-likeness (QED) is 0.159. The van der Waals surface area contributed by atoms with Gasteiger partial charge in [-0.15, -0.1) is 0 Å². The van der Waals surface area contributed by atoms with Crippen molar-refractivity contribution in [2.24, 2.45) is 4.99 Å². The first-order chi connectivity index (χ1) is 29.7. The summed E-state index contributed by atoms with van der Waals surface area (Å²) < 4.78 is 0. The lowest BCUT2D eigenvalue weighted by atomic mass is 9.85. The van der Waals surface area contributed by atoms with Gasteiger partial charge in [-0.1, -0.05) is 164 Å². The molecule has 282 valence electrons. The van der Waals surface area contributed by atoms with Gasteiger partial charge >= 0.3 is 0 Å². The van der Waals surface area contributed by atoms with Gasteiger partial charge in [0.2, 0.25) is 0 Å². The summed E-state index contributed by atoms with van der Waals surface area (Å²) in [5.74, 6) is 0.684. The first-order valence-electron chi connectivity index (χ1n) is 20.6. The van der Waals surface area contributed by atoms with E-state index in [1.165, 1.54) is 93.2 Å². The second-order valence-corrected chi connectivity index (χ2v) is 15.6. The van der Waals surface area contributed by atoms with Crippen molar-refractivity contribution in [2.45, 2.75) is 6.42 Å². The average molecular weight is 765 g/mol. The maximum atomic E-state index is 4.63. The number of nitrogens with zero attached hydrogens (tertiary/aromatic N) is 2. The number of para-hydroxylation sites is 1. The average Bonchev–Trinajstić information content (AvgIpc) is 3.38. The van der Waals surface area contributed by atoms with Crippen molar-refractivity contribution in [3.05, 3.63) is 230 Å². The monoisotopic (exact) mass is 764 g/mol. The Balaban J connectivity index is 0.964. The largest absolute Gasteiger partial charge is 0.295 e. The summed E-state index contributed by atoms with van der Waals surface area (Å²) in [7, 11) is 0. The fourth-order valence-corrected chi connectivity index (χ4v) is 9.15. The summed E-state index contributed by atoms with van der Waals surface area (Å²) in [4.78, 5) is 6.78. The first kappa shape index (κ1) is 35.4. The number of rotatable bonds is 5. The highest BCUT2D eigenvalue weighted by atomic mass is 15.2. The highest BCUT2D eigenvalue weighted by molar-refractivity contribution is 6.22. The molecule has 11 rings (SSSR count). The molecular weight excluding hydrogens is 725 g/mol. The minimum Gasteiger partial charge on any atom is -0.295 e. The molecule has 1 aliphatic rings. The Labute approximate surface area is 350 Å². The van der Waals surface area contributed by atoms with Gasteiger partial charge in [-0.3, -0.25) is 4.90 Å². The van der Waals surface area contributed by atoms with Gasteiger partial charge in [-0.05, 0) is 154 Å². The topological polar surface area (TPSA) is 15.6 Å². The first-order valence-corrected chi connectivity index (χ1v) is 20.6. The molecule has 0 unspecified atom stereocenters.